The molecule has 2 heterocycles. The summed E-state index contributed by atoms with van der Waals surface area (Å²) in [6.45, 7) is 4.70. The molecule has 0 bridgehead atoms. The van der Waals surface area contributed by atoms with Gasteiger partial charge in [0.15, 0.2) is 5.82 Å². The topological polar surface area (TPSA) is 68.5 Å². The zero-order valence-corrected chi connectivity index (χ0v) is 21.4. The summed E-state index contributed by atoms with van der Waals surface area (Å²) in [6.07, 6.45) is 5.41. The Morgan fingerprint density at radius 3 is 2.37 bits per heavy atom. The van der Waals surface area contributed by atoms with E-state index in [9.17, 15) is 0 Å². The zero-order chi connectivity index (χ0) is 23.3. The molecule has 2 aromatic carbocycles. The van der Waals surface area contributed by atoms with E-state index in [1.54, 1.807) is 14.2 Å². The highest BCUT2D eigenvalue weighted by Gasteiger charge is 2.34. The van der Waals surface area contributed by atoms with E-state index in [0.29, 0.717) is 6.54 Å². The lowest BCUT2D eigenvalue weighted by molar-refractivity contribution is 0.0764. The van der Waals surface area contributed by atoms with Crippen molar-refractivity contribution < 1.29 is 9.47 Å². The predicted molar refractivity (Wildman–Crippen MR) is 137 cm³/mol. The van der Waals surface area contributed by atoms with Gasteiger partial charge < -0.3 is 9.47 Å². The van der Waals surface area contributed by atoms with Crippen LogP contribution in [0.25, 0.3) is 0 Å². The third-order valence-corrected chi connectivity index (χ3v) is 7.27. The highest BCUT2D eigenvalue weighted by molar-refractivity contribution is 5.85. The molecule has 0 N–H and O–H groups in total. The van der Waals surface area contributed by atoms with Gasteiger partial charge in [-0.25, -0.2) is 4.68 Å². The molecular weight excluding hydrogens is 464 g/mol. The van der Waals surface area contributed by atoms with Crippen LogP contribution in [0.3, 0.4) is 0 Å². The van der Waals surface area contributed by atoms with Gasteiger partial charge in [-0.1, -0.05) is 43.2 Å². The molecule has 1 aliphatic heterocycles. The van der Waals surface area contributed by atoms with Crippen molar-refractivity contribution in [3.05, 3.63) is 65.5 Å². The second-order valence-electron chi connectivity index (χ2n) is 9.20. The van der Waals surface area contributed by atoms with Gasteiger partial charge in [-0.3, -0.25) is 9.80 Å². The molecule has 1 saturated heterocycles. The Morgan fingerprint density at radius 1 is 0.943 bits per heavy atom. The number of hydrogen-bond acceptors (Lipinski definition) is 7. The third kappa shape index (κ3) is 5.60. The lowest BCUT2D eigenvalue weighted by atomic mass is 10.0. The van der Waals surface area contributed by atoms with Crippen LogP contribution in [0, 0.1) is 0 Å². The molecule has 1 unspecified atom stereocenters. The molecule has 2 aliphatic rings. The van der Waals surface area contributed by atoms with Crippen LogP contribution in [-0.4, -0.2) is 76.4 Å². The molecule has 8 nitrogen and oxygen atoms in total. The van der Waals surface area contributed by atoms with Crippen LogP contribution in [0.15, 0.2) is 48.5 Å². The number of aromatic nitrogens is 4. The first-order valence-electron chi connectivity index (χ1n) is 12.3. The predicted octanol–water partition coefficient (Wildman–Crippen LogP) is 3.81. The van der Waals surface area contributed by atoms with Gasteiger partial charge in [0.05, 0.1) is 20.8 Å². The average molecular weight is 499 g/mol. The van der Waals surface area contributed by atoms with Crippen molar-refractivity contribution in [3.63, 3.8) is 0 Å². The van der Waals surface area contributed by atoms with E-state index in [2.05, 4.69) is 43.5 Å². The number of piperazine rings is 1. The molecule has 1 saturated carbocycles. The van der Waals surface area contributed by atoms with Crippen molar-refractivity contribution in [1.82, 2.24) is 30.0 Å². The normalized spacial score (nSPS) is 18.2. The number of rotatable bonds is 8. The molecule has 5 rings (SSSR count). The molecule has 0 spiro atoms. The summed E-state index contributed by atoms with van der Waals surface area (Å²) in [5.74, 6) is 2.40. The summed E-state index contributed by atoms with van der Waals surface area (Å²) in [6, 6.07) is 17.0. The molecular formula is C26H35ClN6O2. The molecule has 0 radical (unpaired) electrons. The van der Waals surface area contributed by atoms with Gasteiger partial charge >= 0.3 is 0 Å². The van der Waals surface area contributed by atoms with Crippen LogP contribution in [0.4, 0.5) is 0 Å². The maximum atomic E-state index is 5.82. The Morgan fingerprint density at radius 2 is 1.69 bits per heavy atom. The molecule has 1 atom stereocenters. The maximum absolute atomic E-state index is 5.82. The van der Waals surface area contributed by atoms with Crippen molar-refractivity contribution in [3.8, 4) is 11.5 Å². The van der Waals surface area contributed by atoms with Gasteiger partial charge in [-0.05, 0) is 41.0 Å². The highest BCUT2D eigenvalue weighted by Crippen LogP contribution is 2.37. The summed E-state index contributed by atoms with van der Waals surface area (Å²) in [4.78, 5) is 5.18. The van der Waals surface area contributed by atoms with Crippen molar-refractivity contribution in [2.45, 2.75) is 44.3 Å². The van der Waals surface area contributed by atoms with Crippen LogP contribution < -0.4 is 9.47 Å². The molecule has 2 fully saturated rings. The van der Waals surface area contributed by atoms with Crippen molar-refractivity contribution in [2.75, 3.05) is 40.4 Å². The number of benzene rings is 2. The second kappa shape index (κ2) is 11.8. The highest BCUT2D eigenvalue weighted by atomic mass is 35.5. The van der Waals surface area contributed by atoms with Crippen LogP contribution in [0.1, 0.15) is 48.7 Å². The fourth-order valence-electron chi connectivity index (χ4n) is 5.45. The number of tetrazole rings is 1. The lowest BCUT2D eigenvalue weighted by Crippen LogP contribution is -2.51. The first-order valence-corrected chi connectivity index (χ1v) is 12.3. The number of ether oxygens (including phenoxy) is 2. The summed E-state index contributed by atoms with van der Waals surface area (Å²) in [5.41, 5.74) is 2.23. The first-order chi connectivity index (χ1) is 16.8. The minimum atomic E-state index is -0.106. The van der Waals surface area contributed by atoms with Crippen molar-refractivity contribution >= 4 is 12.4 Å². The molecule has 1 aliphatic carbocycles. The van der Waals surface area contributed by atoms with Crippen LogP contribution in [0.5, 0.6) is 11.5 Å². The average Bonchev–Trinajstić information content (AvgIpc) is 3.59. The SMILES string of the molecule is COc1ccc(C(c2nnnn2Cc2ccccc2)N2CCN(C3CCCC3)CC2)c(OC)c1.Cl. The zero-order valence-electron chi connectivity index (χ0n) is 20.5. The monoisotopic (exact) mass is 498 g/mol. The van der Waals surface area contributed by atoms with Crippen LogP contribution in [0.2, 0.25) is 0 Å². The van der Waals surface area contributed by atoms with Gasteiger partial charge in [-0.2, -0.15) is 0 Å². The second-order valence-corrected chi connectivity index (χ2v) is 9.20. The summed E-state index contributed by atoms with van der Waals surface area (Å²) >= 11 is 0. The fourth-order valence-corrected chi connectivity index (χ4v) is 5.45. The van der Waals surface area contributed by atoms with E-state index in [4.69, 9.17) is 9.47 Å². The van der Waals surface area contributed by atoms with E-state index >= 15 is 0 Å². The van der Waals surface area contributed by atoms with E-state index in [0.717, 1.165) is 55.1 Å². The fraction of sp³-hybridized carbons (Fsp3) is 0.500. The summed E-state index contributed by atoms with van der Waals surface area (Å²) in [5, 5.41) is 13.0. The number of nitrogens with zero attached hydrogens (tertiary/aromatic N) is 6. The number of halogens is 1. The third-order valence-electron chi connectivity index (χ3n) is 7.27. The van der Waals surface area contributed by atoms with Crippen molar-refractivity contribution in [2.24, 2.45) is 0 Å². The van der Waals surface area contributed by atoms with Gasteiger partial charge in [0, 0.05) is 43.9 Å². The standard InChI is InChI=1S/C26H34N6O2.ClH/c1-33-22-12-13-23(24(18-22)34-2)25(31-16-14-30(15-17-31)21-10-6-7-11-21)26-27-28-29-32(26)19-20-8-4-3-5-9-20;/h3-5,8-9,12-13,18,21,25H,6-7,10-11,14-17,19H2,1-2H3;1H. The minimum Gasteiger partial charge on any atom is -0.497 e. The van der Waals surface area contributed by atoms with Crippen LogP contribution in [-0.2, 0) is 6.54 Å². The van der Waals surface area contributed by atoms with Crippen LogP contribution >= 0.6 is 12.4 Å². The number of hydrogen-bond donors (Lipinski definition) is 0. The van der Waals surface area contributed by atoms with Gasteiger partial charge in [0.2, 0.25) is 0 Å². The minimum absolute atomic E-state index is 0. The Kier molecular flexibility index (Phi) is 8.59. The first kappa shape index (κ1) is 25.4. The Labute approximate surface area is 213 Å². The largest absolute Gasteiger partial charge is 0.497 e. The molecule has 3 aromatic rings. The van der Waals surface area contributed by atoms with E-state index < -0.39 is 0 Å². The number of methoxy groups -OCH3 is 2. The van der Waals surface area contributed by atoms with E-state index in [-0.39, 0.29) is 18.4 Å². The molecule has 188 valence electrons. The molecule has 1 aromatic heterocycles. The quantitative estimate of drug-likeness (QED) is 0.467. The Balaban J connectivity index is 0.00000289. The van der Waals surface area contributed by atoms with Gasteiger partial charge in [-0.15, -0.1) is 17.5 Å². The van der Waals surface area contributed by atoms with E-state index in [1.807, 2.05) is 35.0 Å². The van der Waals surface area contributed by atoms with Gasteiger partial charge in [0.25, 0.3) is 0 Å². The summed E-state index contributed by atoms with van der Waals surface area (Å²) < 4.78 is 13.2. The lowest BCUT2D eigenvalue weighted by Gasteiger charge is -2.41. The Hall–Kier alpha value is -2.68. The van der Waals surface area contributed by atoms with Gasteiger partial charge in [0.1, 0.15) is 17.5 Å². The molecule has 0 amide bonds. The smallest absolute Gasteiger partial charge is 0.173 e. The Bertz CT molecular complexity index is 1060. The van der Waals surface area contributed by atoms with E-state index in [1.165, 1.54) is 31.2 Å². The maximum Gasteiger partial charge on any atom is 0.173 e. The van der Waals surface area contributed by atoms with Crippen molar-refractivity contribution in [1.29, 1.82) is 0 Å². The summed E-state index contributed by atoms with van der Waals surface area (Å²) in [7, 11) is 3.38. The molecule has 9 heteroatoms. The molecule has 35 heavy (non-hydrogen) atoms.